The molecule has 29 heavy (non-hydrogen) atoms. The molecule has 7 nitrogen and oxygen atoms in total. The number of furan rings is 1. The Labute approximate surface area is 169 Å². The van der Waals surface area contributed by atoms with Crippen LogP contribution in [-0.4, -0.2) is 30.3 Å². The Balaban J connectivity index is 1.54. The third kappa shape index (κ3) is 3.45. The van der Waals surface area contributed by atoms with Crippen LogP contribution >= 0.6 is 11.3 Å². The van der Waals surface area contributed by atoms with Gasteiger partial charge in [-0.15, -0.1) is 0 Å². The Morgan fingerprint density at radius 3 is 2.76 bits per heavy atom. The van der Waals surface area contributed by atoms with Gasteiger partial charge in [0.15, 0.2) is 11.5 Å². The zero-order valence-corrected chi connectivity index (χ0v) is 16.0. The van der Waals surface area contributed by atoms with Crippen molar-refractivity contribution in [1.29, 1.82) is 0 Å². The molecule has 4 aromatic rings. The Morgan fingerprint density at radius 1 is 1.07 bits per heavy atom. The third-order valence-corrected chi connectivity index (χ3v) is 5.30. The van der Waals surface area contributed by atoms with Gasteiger partial charge in [0.25, 0.3) is 5.91 Å². The van der Waals surface area contributed by atoms with Crippen LogP contribution in [0.4, 0.5) is 5.13 Å². The van der Waals surface area contributed by atoms with E-state index < -0.39 is 0 Å². The summed E-state index contributed by atoms with van der Waals surface area (Å²) in [5.74, 6) is 1.37. The average Bonchev–Trinajstić information content (AvgIpc) is 3.43. The first kappa shape index (κ1) is 17.4. The maximum absolute atomic E-state index is 13.3. The largest absolute Gasteiger partial charge is 0.486 e. The number of benzene rings is 2. The summed E-state index contributed by atoms with van der Waals surface area (Å²) in [6.07, 6.45) is 3.04. The van der Waals surface area contributed by atoms with E-state index in [1.165, 1.54) is 22.6 Å². The number of aromatic nitrogens is 1. The minimum atomic E-state index is -0.330. The number of hydrogen-bond acceptors (Lipinski definition) is 7. The molecule has 144 valence electrons. The Hall–Kier alpha value is -3.65. The van der Waals surface area contributed by atoms with Crippen LogP contribution in [0.2, 0.25) is 0 Å². The van der Waals surface area contributed by atoms with Gasteiger partial charge in [0.1, 0.15) is 19.0 Å². The molecule has 1 aliphatic rings. The number of carbonyl (C=O) groups is 1. The summed E-state index contributed by atoms with van der Waals surface area (Å²) in [5.41, 5.74) is 1.23. The van der Waals surface area contributed by atoms with Crippen LogP contribution in [0.25, 0.3) is 10.2 Å². The second-order valence-corrected chi connectivity index (χ2v) is 7.21. The third-order valence-electron chi connectivity index (χ3n) is 4.29. The molecule has 0 saturated heterocycles. The van der Waals surface area contributed by atoms with E-state index >= 15 is 0 Å². The lowest BCUT2D eigenvalue weighted by Gasteiger charge is -2.19. The van der Waals surface area contributed by atoms with Crippen LogP contribution in [0.1, 0.15) is 16.1 Å². The van der Waals surface area contributed by atoms with Crippen molar-refractivity contribution in [3.63, 3.8) is 0 Å². The molecule has 0 fully saturated rings. The van der Waals surface area contributed by atoms with Crippen LogP contribution in [0.5, 0.6) is 11.5 Å². The van der Waals surface area contributed by atoms with Crippen LogP contribution in [-0.2, 0) is 0 Å². The van der Waals surface area contributed by atoms with Crippen molar-refractivity contribution < 1.29 is 18.7 Å². The van der Waals surface area contributed by atoms with Gasteiger partial charge in [-0.3, -0.25) is 4.79 Å². The average molecular weight is 405 g/mol. The van der Waals surface area contributed by atoms with Crippen molar-refractivity contribution >= 4 is 38.8 Å². The fourth-order valence-electron chi connectivity index (χ4n) is 2.92. The fourth-order valence-corrected chi connectivity index (χ4v) is 3.84. The molecule has 8 heteroatoms. The lowest BCUT2D eigenvalue weighted by molar-refractivity contribution is 0.0986. The number of amides is 1. The van der Waals surface area contributed by atoms with Gasteiger partial charge in [-0.05, 0) is 42.5 Å². The Kier molecular flexibility index (Phi) is 4.45. The van der Waals surface area contributed by atoms with E-state index in [4.69, 9.17) is 13.9 Å². The molecule has 0 aliphatic carbocycles. The Bertz CT molecular complexity index is 1170. The van der Waals surface area contributed by atoms with Gasteiger partial charge in [0, 0.05) is 5.56 Å². The molecule has 0 N–H and O–H groups in total. The summed E-state index contributed by atoms with van der Waals surface area (Å²) >= 11 is 1.39. The summed E-state index contributed by atoms with van der Waals surface area (Å²) in [6.45, 7) is 0.939. The minimum absolute atomic E-state index is 0.330. The van der Waals surface area contributed by atoms with Crippen molar-refractivity contribution in [3.05, 3.63) is 72.2 Å². The molecular formula is C21H15N3O4S. The predicted molar refractivity (Wildman–Crippen MR) is 110 cm³/mol. The number of fused-ring (bicyclic) bond motifs is 2. The molecule has 5 rings (SSSR count). The fraction of sp³-hybridized carbons (Fsp3) is 0.0952. The molecule has 0 bridgehead atoms. The minimum Gasteiger partial charge on any atom is -0.486 e. The highest BCUT2D eigenvalue weighted by Crippen LogP contribution is 2.33. The molecule has 0 atom stereocenters. The quantitative estimate of drug-likeness (QED) is 0.373. The van der Waals surface area contributed by atoms with Gasteiger partial charge in [-0.25, -0.2) is 4.98 Å². The molecule has 0 spiro atoms. The van der Waals surface area contributed by atoms with Gasteiger partial charge in [-0.2, -0.15) is 10.1 Å². The number of nitrogens with zero attached hydrogens (tertiary/aromatic N) is 3. The number of para-hydroxylation sites is 1. The maximum Gasteiger partial charge on any atom is 0.280 e. The zero-order chi connectivity index (χ0) is 19.6. The van der Waals surface area contributed by atoms with E-state index in [0.717, 1.165) is 10.2 Å². The first-order valence-electron chi connectivity index (χ1n) is 8.95. The molecular weight excluding hydrogens is 390 g/mol. The normalized spacial score (nSPS) is 13.1. The summed E-state index contributed by atoms with van der Waals surface area (Å²) in [5, 5.41) is 6.10. The lowest BCUT2D eigenvalue weighted by atomic mass is 10.2. The first-order valence-corrected chi connectivity index (χ1v) is 9.77. The Morgan fingerprint density at radius 2 is 1.93 bits per heavy atom. The summed E-state index contributed by atoms with van der Waals surface area (Å²) < 4.78 is 17.4. The van der Waals surface area contributed by atoms with Gasteiger partial charge in [0.05, 0.1) is 22.7 Å². The van der Waals surface area contributed by atoms with Crippen LogP contribution in [0.15, 0.2) is 70.4 Å². The van der Waals surface area contributed by atoms with E-state index in [0.29, 0.717) is 41.2 Å². The van der Waals surface area contributed by atoms with Gasteiger partial charge in [0.2, 0.25) is 5.13 Å². The van der Waals surface area contributed by atoms with Gasteiger partial charge >= 0.3 is 0 Å². The standard InChI is InChI=1S/C21H15N3O4S/c25-20(14-7-8-17-18(12-14)28-11-10-27-17)24(22-13-15-4-3-9-26-15)21-23-16-5-1-2-6-19(16)29-21/h1-9,12-13H,10-11H2/b22-13+. The molecule has 1 aliphatic heterocycles. The van der Waals surface area contributed by atoms with Crippen LogP contribution in [0.3, 0.4) is 0 Å². The number of anilines is 1. The molecule has 1 amide bonds. The lowest BCUT2D eigenvalue weighted by Crippen LogP contribution is -2.26. The second-order valence-electron chi connectivity index (χ2n) is 6.20. The van der Waals surface area contributed by atoms with Crippen LogP contribution in [0, 0.1) is 0 Å². The van der Waals surface area contributed by atoms with Gasteiger partial charge in [-0.1, -0.05) is 23.5 Å². The number of ether oxygens (including phenoxy) is 2. The number of hydrogen-bond donors (Lipinski definition) is 0. The highest BCUT2D eigenvalue weighted by Gasteiger charge is 2.23. The summed E-state index contributed by atoms with van der Waals surface area (Å²) in [6, 6.07) is 16.3. The van der Waals surface area contributed by atoms with E-state index in [9.17, 15) is 4.79 Å². The summed E-state index contributed by atoms with van der Waals surface area (Å²) in [7, 11) is 0. The second kappa shape index (κ2) is 7.40. The zero-order valence-electron chi connectivity index (χ0n) is 15.1. The highest BCUT2D eigenvalue weighted by atomic mass is 32.1. The first-order chi connectivity index (χ1) is 14.3. The number of rotatable bonds is 4. The van der Waals surface area contributed by atoms with Crippen molar-refractivity contribution in [2.75, 3.05) is 18.2 Å². The number of hydrazone groups is 1. The molecule has 2 aromatic carbocycles. The highest BCUT2D eigenvalue weighted by molar-refractivity contribution is 7.22. The van der Waals surface area contributed by atoms with E-state index in [-0.39, 0.29) is 5.91 Å². The van der Waals surface area contributed by atoms with E-state index in [1.54, 1.807) is 36.6 Å². The van der Waals surface area contributed by atoms with Crippen molar-refractivity contribution in [1.82, 2.24) is 4.98 Å². The smallest absolute Gasteiger partial charge is 0.280 e. The monoisotopic (exact) mass is 405 g/mol. The van der Waals surface area contributed by atoms with Crippen LogP contribution < -0.4 is 14.5 Å². The van der Waals surface area contributed by atoms with E-state index in [2.05, 4.69) is 10.1 Å². The van der Waals surface area contributed by atoms with Crippen molar-refractivity contribution in [2.45, 2.75) is 0 Å². The number of carbonyl (C=O) groups excluding carboxylic acids is 1. The molecule has 0 unspecified atom stereocenters. The van der Waals surface area contributed by atoms with Crippen molar-refractivity contribution in [2.24, 2.45) is 5.10 Å². The molecule has 3 heterocycles. The molecule has 2 aromatic heterocycles. The molecule has 0 saturated carbocycles. The molecule has 0 radical (unpaired) electrons. The topological polar surface area (TPSA) is 77.2 Å². The van der Waals surface area contributed by atoms with Gasteiger partial charge < -0.3 is 13.9 Å². The van der Waals surface area contributed by atoms with E-state index in [1.807, 2.05) is 24.3 Å². The number of thiazole rings is 1. The summed E-state index contributed by atoms with van der Waals surface area (Å²) in [4.78, 5) is 17.9. The predicted octanol–water partition coefficient (Wildman–Crippen LogP) is 4.34. The maximum atomic E-state index is 13.3. The van der Waals surface area contributed by atoms with Crippen molar-refractivity contribution in [3.8, 4) is 11.5 Å². The SMILES string of the molecule is O=C(c1ccc2c(c1)OCCO2)N(/N=C/c1ccco1)c1nc2ccccc2s1.